The fourth-order valence-electron chi connectivity index (χ4n) is 0.204. The summed E-state index contributed by atoms with van der Waals surface area (Å²) in [4.78, 5) is 0. The van der Waals surface area contributed by atoms with Crippen LogP contribution in [0.2, 0.25) is 0 Å². The van der Waals surface area contributed by atoms with Crippen LogP contribution >= 0.6 is 0 Å². The van der Waals surface area contributed by atoms with E-state index in [-0.39, 0.29) is 11.1 Å². The minimum absolute atomic E-state index is 0.285. The van der Waals surface area contributed by atoms with Gasteiger partial charge < -0.3 is 16.2 Å². The lowest BCUT2D eigenvalue weighted by molar-refractivity contribution is 0.162. The van der Waals surface area contributed by atoms with Crippen LogP contribution in [-0.4, -0.2) is 24.3 Å². The average Bonchev–Trinajstić information content (AvgIpc) is 1.85. The van der Waals surface area contributed by atoms with Crippen molar-refractivity contribution in [2.75, 3.05) is 13.2 Å². The van der Waals surface area contributed by atoms with Gasteiger partial charge in [0.1, 0.15) is 0 Å². The highest BCUT2D eigenvalue weighted by Gasteiger charge is 2.28. The molecule has 0 aromatic rings. The molecule has 0 atom stereocenters. The minimum Gasteiger partial charge on any atom is -0.382 e. The van der Waals surface area contributed by atoms with Crippen LogP contribution in [0.25, 0.3) is 0 Å². The van der Waals surface area contributed by atoms with Crippen LogP contribution in [0.5, 0.6) is 0 Å². The maximum Gasteiger partial charge on any atom is 0.0437 e. The van der Waals surface area contributed by atoms with Crippen molar-refractivity contribution in [1.29, 1.82) is 0 Å². The van der Waals surface area contributed by atoms with Crippen molar-refractivity contribution in [1.82, 2.24) is 0 Å². The van der Waals surface area contributed by atoms with Gasteiger partial charge >= 0.3 is 0 Å². The molecule has 0 radical (unpaired) electrons. The van der Waals surface area contributed by atoms with E-state index in [9.17, 15) is 0 Å². The van der Waals surface area contributed by atoms with E-state index in [2.05, 4.69) is 0 Å². The molecule has 0 aromatic heterocycles. The lowest BCUT2D eigenvalue weighted by Crippen LogP contribution is -2.58. The Balaban J connectivity index is 0. The summed E-state index contributed by atoms with van der Waals surface area (Å²) in [5, 5.41) is 0. The smallest absolute Gasteiger partial charge is 0.0437 e. The van der Waals surface area contributed by atoms with Gasteiger partial charge in [0.05, 0.1) is 0 Å². The van der Waals surface area contributed by atoms with Gasteiger partial charge in [-0.15, -0.1) is 0 Å². The van der Waals surface area contributed by atoms with E-state index in [1.165, 1.54) is 0 Å². The summed E-state index contributed by atoms with van der Waals surface area (Å²) in [6.45, 7) is 13.4. The molecule has 0 aromatic carbocycles. The number of ether oxygens (including phenoxy) is 1. The molecule has 0 bridgehead atoms. The summed E-state index contributed by atoms with van der Waals surface area (Å²) in [6.07, 6.45) is 0. The van der Waals surface area contributed by atoms with Gasteiger partial charge in [-0.1, -0.05) is 0 Å². The molecule has 0 fully saturated rings. The van der Waals surface area contributed by atoms with E-state index in [1.807, 2.05) is 41.5 Å². The minimum atomic E-state index is -0.285. The van der Waals surface area contributed by atoms with Crippen LogP contribution in [0.15, 0.2) is 0 Å². The molecule has 0 saturated carbocycles. The lowest BCUT2D eigenvalue weighted by Gasteiger charge is -2.34. The second-order valence-electron chi connectivity index (χ2n) is 4.22. The van der Waals surface area contributed by atoms with Crippen LogP contribution in [0.1, 0.15) is 41.5 Å². The third-order valence-corrected chi connectivity index (χ3v) is 2.07. The lowest BCUT2D eigenvalue weighted by atomic mass is 9.85. The fourth-order valence-corrected chi connectivity index (χ4v) is 0.204. The second-order valence-corrected chi connectivity index (χ2v) is 4.22. The Hall–Kier alpha value is -0.120. The zero-order valence-electron chi connectivity index (χ0n) is 9.98. The topological polar surface area (TPSA) is 61.3 Å². The molecule has 3 heteroatoms. The maximum absolute atomic E-state index is 5.69. The molecule has 0 amide bonds. The van der Waals surface area contributed by atoms with Gasteiger partial charge in [-0.25, -0.2) is 0 Å². The summed E-state index contributed by atoms with van der Waals surface area (Å²) < 4.78 is 4.83. The van der Waals surface area contributed by atoms with Gasteiger partial charge in [-0.05, 0) is 41.5 Å². The largest absolute Gasteiger partial charge is 0.382 e. The van der Waals surface area contributed by atoms with E-state index in [0.717, 1.165) is 13.2 Å². The predicted octanol–water partition coefficient (Wildman–Crippen LogP) is 1.50. The highest BCUT2D eigenvalue weighted by Crippen LogP contribution is 2.13. The molecule has 0 unspecified atom stereocenters. The normalized spacial score (nSPS) is 12.0. The van der Waals surface area contributed by atoms with E-state index >= 15 is 0 Å². The zero-order valence-corrected chi connectivity index (χ0v) is 9.98. The monoisotopic (exact) mass is 190 g/mol. The summed E-state index contributed by atoms with van der Waals surface area (Å²) >= 11 is 0. The van der Waals surface area contributed by atoms with Crippen molar-refractivity contribution in [3.63, 3.8) is 0 Å². The standard InChI is InChI=1S/C6H16N2.C4H10O/c1-5(2,7)6(3,4)8;1-3-5-4-2/h7-8H2,1-4H3;3-4H2,1-2H3. The summed E-state index contributed by atoms with van der Waals surface area (Å²) in [5.74, 6) is 0. The number of hydrogen-bond donors (Lipinski definition) is 2. The molecular formula is C10H26N2O. The predicted molar refractivity (Wildman–Crippen MR) is 58.7 cm³/mol. The Kier molecular flexibility index (Phi) is 7.50. The molecule has 0 heterocycles. The van der Waals surface area contributed by atoms with Crippen LogP contribution in [-0.2, 0) is 4.74 Å². The van der Waals surface area contributed by atoms with Crippen molar-refractivity contribution in [2.45, 2.75) is 52.6 Å². The Labute approximate surface area is 82.8 Å². The first-order chi connectivity index (χ1) is 5.66. The Morgan fingerprint density at radius 1 is 0.846 bits per heavy atom. The van der Waals surface area contributed by atoms with Crippen LogP contribution < -0.4 is 11.5 Å². The maximum atomic E-state index is 5.69. The summed E-state index contributed by atoms with van der Waals surface area (Å²) in [6, 6.07) is 0. The van der Waals surface area contributed by atoms with Gasteiger partial charge in [-0.3, -0.25) is 0 Å². The van der Waals surface area contributed by atoms with Crippen molar-refractivity contribution < 1.29 is 4.74 Å². The molecule has 0 aliphatic rings. The zero-order chi connectivity index (χ0) is 11.1. The highest BCUT2D eigenvalue weighted by atomic mass is 16.5. The quantitative estimate of drug-likeness (QED) is 0.709. The van der Waals surface area contributed by atoms with Gasteiger partial charge in [0.2, 0.25) is 0 Å². The molecular weight excluding hydrogens is 164 g/mol. The Bertz CT molecular complexity index is 97.1. The van der Waals surface area contributed by atoms with E-state index in [4.69, 9.17) is 16.2 Å². The highest BCUT2D eigenvalue weighted by molar-refractivity contribution is 4.93. The van der Waals surface area contributed by atoms with Gasteiger partial charge in [-0.2, -0.15) is 0 Å². The Morgan fingerprint density at radius 3 is 1.08 bits per heavy atom. The fraction of sp³-hybridized carbons (Fsp3) is 1.00. The molecule has 0 rings (SSSR count). The van der Waals surface area contributed by atoms with Gasteiger partial charge in [0.15, 0.2) is 0 Å². The molecule has 4 N–H and O–H groups in total. The summed E-state index contributed by atoms with van der Waals surface area (Å²) in [7, 11) is 0. The van der Waals surface area contributed by atoms with E-state index in [1.54, 1.807) is 0 Å². The van der Waals surface area contributed by atoms with Crippen molar-refractivity contribution in [3.05, 3.63) is 0 Å². The number of hydrogen-bond acceptors (Lipinski definition) is 3. The van der Waals surface area contributed by atoms with Crippen molar-refractivity contribution >= 4 is 0 Å². The molecule has 13 heavy (non-hydrogen) atoms. The van der Waals surface area contributed by atoms with Gasteiger partial charge in [0.25, 0.3) is 0 Å². The first kappa shape index (κ1) is 15.4. The molecule has 0 aliphatic carbocycles. The van der Waals surface area contributed by atoms with Crippen molar-refractivity contribution in [3.8, 4) is 0 Å². The third kappa shape index (κ3) is 9.80. The average molecular weight is 190 g/mol. The molecule has 0 spiro atoms. The SMILES string of the molecule is CC(C)(N)C(C)(C)N.CCOCC. The molecule has 0 saturated heterocycles. The molecule has 3 nitrogen and oxygen atoms in total. The van der Waals surface area contributed by atoms with E-state index in [0.29, 0.717) is 0 Å². The third-order valence-electron chi connectivity index (χ3n) is 2.07. The van der Waals surface area contributed by atoms with Gasteiger partial charge in [0, 0.05) is 24.3 Å². The summed E-state index contributed by atoms with van der Waals surface area (Å²) in [5.41, 5.74) is 10.8. The van der Waals surface area contributed by atoms with Crippen molar-refractivity contribution in [2.24, 2.45) is 11.5 Å². The Morgan fingerprint density at radius 2 is 1.08 bits per heavy atom. The van der Waals surface area contributed by atoms with Crippen LogP contribution in [0.4, 0.5) is 0 Å². The second kappa shape index (κ2) is 6.35. The molecule has 0 aliphatic heterocycles. The van der Waals surface area contributed by atoms with E-state index < -0.39 is 0 Å². The first-order valence-corrected chi connectivity index (χ1v) is 4.82. The molecule has 82 valence electrons. The van der Waals surface area contributed by atoms with Crippen LogP contribution in [0, 0.1) is 0 Å². The number of nitrogens with two attached hydrogens (primary N) is 2. The first-order valence-electron chi connectivity index (χ1n) is 4.82. The van der Waals surface area contributed by atoms with Crippen LogP contribution in [0.3, 0.4) is 0 Å². The number of rotatable bonds is 3.